The molecule has 2 aromatic rings. The average Bonchev–Trinajstić information content (AvgIpc) is 2.65. The number of rotatable bonds is 7. The molecule has 0 fully saturated rings. The first-order valence-electron chi connectivity index (χ1n) is 8.58. The molecule has 0 aliphatic rings. The summed E-state index contributed by atoms with van der Waals surface area (Å²) >= 11 is 0. The molecule has 0 bridgehead atoms. The summed E-state index contributed by atoms with van der Waals surface area (Å²) in [5.74, 6) is 0.430. The molecular formula is C20H23N3O3. The number of para-hydroxylation sites is 2. The number of nitriles is 1. The van der Waals surface area contributed by atoms with Crippen molar-refractivity contribution < 1.29 is 9.84 Å². The summed E-state index contributed by atoms with van der Waals surface area (Å²) in [5.41, 5.74) is 0.939. The fourth-order valence-corrected chi connectivity index (χ4v) is 2.72. The summed E-state index contributed by atoms with van der Waals surface area (Å²) < 4.78 is 6.52. The third kappa shape index (κ3) is 3.94. The van der Waals surface area contributed by atoms with Crippen molar-refractivity contribution >= 4 is 11.9 Å². The van der Waals surface area contributed by atoms with Gasteiger partial charge < -0.3 is 9.84 Å². The van der Waals surface area contributed by atoms with Crippen molar-refractivity contribution in [3.05, 3.63) is 51.3 Å². The molecule has 0 unspecified atom stereocenters. The Hall–Kier alpha value is -3.07. The van der Waals surface area contributed by atoms with E-state index in [1.807, 2.05) is 18.2 Å². The molecule has 1 heterocycles. The van der Waals surface area contributed by atoms with Crippen LogP contribution in [0.25, 0.3) is 0 Å². The van der Waals surface area contributed by atoms with E-state index in [0.717, 1.165) is 19.3 Å². The molecule has 0 atom stereocenters. The minimum Gasteiger partial charge on any atom is -0.494 e. The zero-order valence-corrected chi connectivity index (χ0v) is 15.3. The van der Waals surface area contributed by atoms with Gasteiger partial charge in [-0.15, -0.1) is 0 Å². The molecule has 6 heteroatoms. The topological polar surface area (TPSA) is 87.6 Å². The highest BCUT2D eigenvalue weighted by atomic mass is 16.5. The Morgan fingerprint density at radius 2 is 2.08 bits per heavy atom. The Morgan fingerprint density at radius 1 is 1.35 bits per heavy atom. The highest BCUT2D eigenvalue weighted by molar-refractivity contribution is 5.87. The Kier molecular flexibility index (Phi) is 6.56. The minimum absolute atomic E-state index is 0.0285. The maximum atomic E-state index is 12.5. The van der Waals surface area contributed by atoms with Gasteiger partial charge in [0.1, 0.15) is 23.1 Å². The number of hydrogen-bond donors (Lipinski definition) is 1. The van der Waals surface area contributed by atoms with Crippen molar-refractivity contribution in [2.75, 3.05) is 7.11 Å². The first-order chi connectivity index (χ1) is 12.5. The SMILES string of the molecule is CCCCCn1c(O)c(C=Nc2ccccc2OC)c(C)c(C#N)c1=O. The van der Waals surface area contributed by atoms with Crippen LogP contribution in [0, 0.1) is 18.3 Å². The monoisotopic (exact) mass is 353 g/mol. The van der Waals surface area contributed by atoms with Gasteiger partial charge in [0.25, 0.3) is 5.56 Å². The quantitative estimate of drug-likeness (QED) is 0.607. The van der Waals surface area contributed by atoms with Crippen LogP contribution in [0.15, 0.2) is 34.1 Å². The molecule has 0 spiro atoms. The van der Waals surface area contributed by atoms with Gasteiger partial charge in [0.2, 0.25) is 5.88 Å². The van der Waals surface area contributed by atoms with E-state index >= 15 is 0 Å². The molecule has 1 aromatic carbocycles. The lowest BCUT2D eigenvalue weighted by atomic mass is 10.1. The molecule has 6 nitrogen and oxygen atoms in total. The number of aliphatic imine (C=N–C) groups is 1. The fourth-order valence-electron chi connectivity index (χ4n) is 2.72. The summed E-state index contributed by atoms with van der Waals surface area (Å²) in [6.07, 6.45) is 4.15. The Bertz CT molecular complexity index is 908. The minimum atomic E-state index is -0.465. The van der Waals surface area contributed by atoms with Crippen LogP contribution in [0.2, 0.25) is 0 Å². The van der Waals surface area contributed by atoms with Gasteiger partial charge >= 0.3 is 0 Å². The number of pyridine rings is 1. The maximum absolute atomic E-state index is 12.5. The molecule has 0 aliphatic carbocycles. The first-order valence-corrected chi connectivity index (χ1v) is 8.58. The van der Waals surface area contributed by atoms with Gasteiger partial charge in [0, 0.05) is 12.8 Å². The second-order valence-corrected chi connectivity index (χ2v) is 5.94. The van der Waals surface area contributed by atoms with E-state index in [2.05, 4.69) is 11.9 Å². The third-order valence-electron chi connectivity index (χ3n) is 4.25. The molecule has 0 aliphatic heterocycles. The van der Waals surface area contributed by atoms with Gasteiger partial charge in [0.15, 0.2) is 0 Å². The van der Waals surface area contributed by atoms with Gasteiger partial charge in [-0.3, -0.25) is 14.4 Å². The summed E-state index contributed by atoms with van der Waals surface area (Å²) in [6, 6.07) is 9.18. The number of hydrogen-bond acceptors (Lipinski definition) is 5. The van der Waals surface area contributed by atoms with E-state index in [-0.39, 0.29) is 11.4 Å². The lowest BCUT2D eigenvalue weighted by Gasteiger charge is -2.14. The zero-order chi connectivity index (χ0) is 19.1. The lowest BCUT2D eigenvalue weighted by molar-refractivity contribution is 0.398. The highest BCUT2D eigenvalue weighted by Gasteiger charge is 2.17. The van der Waals surface area contributed by atoms with Crippen molar-refractivity contribution in [2.24, 2.45) is 4.99 Å². The molecule has 2 rings (SSSR count). The van der Waals surface area contributed by atoms with E-state index in [1.165, 1.54) is 10.8 Å². The molecule has 26 heavy (non-hydrogen) atoms. The highest BCUT2D eigenvalue weighted by Crippen LogP contribution is 2.27. The van der Waals surface area contributed by atoms with Crippen molar-refractivity contribution in [1.29, 1.82) is 5.26 Å². The van der Waals surface area contributed by atoms with Gasteiger partial charge in [-0.05, 0) is 31.0 Å². The second-order valence-electron chi connectivity index (χ2n) is 5.94. The van der Waals surface area contributed by atoms with Crippen molar-refractivity contribution in [3.63, 3.8) is 0 Å². The zero-order valence-electron chi connectivity index (χ0n) is 15.3. The van der Waals surface area contributed by atoms with Crippen molar-refractivity contribution in [2.45, 2.75) is 39.7 Å². The largest absolute Gasteiger partial charge is 0.494 e. The van der Waals surface area contributed by atoms with Crippen LogP contribution >= 0.6 is 0 Å². The molecule has 1 N–H and O–H groups in total. The lowest BCUT2D eigenvalue weighted by Crippen LogP contribution is -2.25. The van der Waals surface area contributed by atoms with Gasteiger partial charge in [-0.1, -0.05) is 31.9 Å². The summed E-state index contributed by atoms with van der Waals surface area (Å²) in [5, 5.41) is 20.0. The molecule has 0 amide bonds. The van der Waals surface area contributed by atoms with E-state index in [4.69, 9.17) is 4.74 Å². The van der Waals surface area contributed by atoms with Crippen molar-refractivity contribution in [3.8, 4) is 17.7 Å². The van der Waals surface area contributed by atoms with E-state index < -0.39 is 5.56 Å². The van der Waals surface area contributed by atoms with Crippen LogP contribution in [-0.2, 0) is 6.54 Å². The van der Waals surface area contributed by atoms with Crippen LogP contribution in [0.3, 0.4) is 0 Å². The van der Waals surface area contributed by atoms with Crippen molar-refractivity contribution in [1.82, 2.24) is 4.57 Å². The number of benzene rings is 1. The number of ether oxygens (including phenoxy) is 1. The van der Waals surface area contributed by atoms with Crippen LogP contribution in [0.5, 0.6) is 11.6 Å². The summed E-state index contributed by atoms with van der Waals surface area (Å²) in [7, 11) is 1.55. The summed E-state index contributed by atoms with van der Waals surface area (Å²) in [6.45, 7) is 4.06. The van der Waals surface area contributed by atoms with Gasteiger partial charge in [-0.25, -0.2) is 0 Å². The van der Waals surface area contributed by atoms with Gasteiger partial charge in [-0.2, -0.15) is 5.26 Å². The third-order valence-corrected chi connectivity index (χ3v) is 4.25. The Labute approximate surface area is 153 Å². The molecule has 0 saturated heterocycles. The Morgan fingerprint density at radius 3 is 2.73 bits per heavy atom. The smallest absolute Gasteiger partial charge is 0.271 e. The number of methoxy groups -OCH3 is 1. The molecule has 0 radical (unpaired) electrons. The maximum Gasteiger partial charge on any atom is 0.271 e. The average molecular weight is 353 g/mol. The molecule has 1 aromatic heterocycles. The normalized spacial score (nSPS) is 10.8. The fraction of sp³-hybridized carbons (Fsp3) is 0.350. The van der Waals surface area contributed by atoms with Crippen LogP contribution < -0.4 is 10.3 Å². The van der Waals surface area contributed by atoms with E-state index in [9.17, 15) is 15.2 Å². The van der Waals surface area contributed by atoms with Crippen LogP contribution in [0.1, 0.15) is 42.9 Å². The predicted octanol–water partition coefficient (Wildman–Crippen LogP) is 3.68. The number of aromatic nitrogens is 1. The van der Waals surface area contributed by atoms with Gasteiger partial charge in [0.05, 0.1) is 12.7 Å². The predicted molar refractivity (Wildman–Crippen MR) is 102 cm³/mol. The Balaban J connectivity index is 2.54. The summed E-state index contributed by atoms with van der Waals surface area (Å²) in [4.78, 5) is 16.9. The van der Waals surface area contributed by atoms with Crippen LogP contribution in [0.4, 0.5) is 5.69 Å². The molecule has 136 valence electrons. The van der Waals surface area contributed by atoms with E-state index in [0.29, 0.717) is 29.1 Å². The number of aromatic hydroxyl groups is 1. The molecule has 0 saturated carbocycles. The first kappa shape index (κ1) is 19.3. The van der Waals surface area contributed by atoms with Crippen LogP contribution in [-0.4, -0.2) is 23.0 Å². The number of unbranched alkanes of at least 4 members (excludes halogenated alkanes) is 2. The molecular weight excluding hydrogens is 330 g/mol. The van der Waals surface area contributed by atoms with E-state index in [1.54, 1.807) is 26.2 Å². The number of nitrogens with zero attached hydrogens (tertiary/aromatic N) is 3. The second kappa shape index (κ2) is 8.86. The standard InChI is InChI=1S/C20H23N3O3/c1-4-5-8-11-23-19(24)15(12-21)14(2)16(20(23)25)13-22-17-9-6-7-10-18(17)26-3/h6-7,9-10,13,25H,4-5,8,11H2,1-3H3.